The number of fused-ring (bicyclic) bond motifs is 1. The lowest BCUT2D eigenvalue weighted by molar-refractivity contribution is 0.0983. The SMILES string of the molecule is O=C(c1cc(Br)ccc1F)N1CCCNc2ccccc21. The van der Waals surface area contributed by atoms with Gasteiger partial charge in [0, 0.05) is 17.6 Å². The van der Waals surface area contributed by atoms with Gasteiger partial charge in [0.05, 0.1) is 16.9 Å². The predicted octanol–water partition coefficient (Wildman–Crippen LogP) is 4.05. The second-order valence-corrected chi connectivity index (χ2v) is 5.79. The van der Waals surface area contributed by atoms with Crippen LogP contribution in [0.25, 0.3) is 0 Å². The van der Waals surface area contributed by atoms with Crippen molar-refractivity contribution in [3.63, 3.8) is 0 Å². The monoisotopic (exact) mass is 348 g/mol. The van der Waals surface area contributed by atoms with Gasteiger partial charge in [0.15, 0.2) is 0 Å². The number of rotatable bonds is 1. The molecule has 2 aromatic carbocycles. The molecular formula is C16H14BrFN2O. The molecule has 0 aliphatic carbocycles. The van der Waals surface area contributed by atoms with Crippen LogP contribution in [0.4, 0.5) is 15.8 Å². The Kier molecular flexibility index (Phi) is 3.92. The second kappa shape index (κ2) is 5.85. The van der Waals surface area contributed by atoms with Crippen LogP contribution in [0.5, 0.6) is 0 Å². The Balaban J connectivity index is 2.03. The number of hydrogen-bond acceptors (Lipinski definition) is 2. The Morgan fingerprint density at radius 2 is 2.05 bits per heavy atom. The van der Waals surface area contributed by atoms with E-state index in [0.717, 1.165) is 24.3 Å². The first-order chi connectivity index (χ1) is 10.2. The maximum atomic E-state index is 14.0. The number of benzene rings is 2. The molecule has 1 aliphatic rings. The van der Waals surface area contributed by atoms with Crippen LogP contribution in [0.1, 0.15) is 16.8 Å². The van der Waals surface area contributed by atoms with Crippen LogP contribution >= 0.6 is 15.9 Å². The molecule has 108 valence electrons. The van der Waals surface area contributed by atoms with Gasteiger partial charge in [-0.3, -0.25) is 4.79 Å². The van der Waals surface area contributed by atoms with Crippen molar-refractivity contribution in [2.75, 3.05) is 23.3 Å². The van der Waals surface area contributed by atoms with Crippen molar-refractivity contribution < 1.29 is 9.18 Å². The third kappa shape index (κ3) is 2.78. The van der Waals surface area contributed by atoms with E-state index in [1.165, 1.54) is 12.1 Å². The van der Waals surface area contributed by atoms with E-state index in [1.54, 1.807) is 11.0 Å². The fourth-order valence-electron chi connectivity index (χ4n) is 2.46. The molecule has 0 unspecified atom stereocenters. The maximum absolute atomic E-state index is 14.0. The number of hydrogen-bond donors (Lipinski definition) is 1. The van der Waals surface area contributed by atoms with Gasteiger partial charge >= 0.3 is 0 Å². The van der Waals surface area contributed by atoms with Gasteiger partial charge in [0.1, 0.15) is 5.82 Å². The molecule has 0 spiro atoms. The van der Waals surface area contributed by atoms with E-state index in [0.29, 0.717) is 11.0 Å². The van der Waals surface area contributed by atoms with Crippen molar-refractivity contribution in [3.05, 3.63) is 58.3 Å². The van der Waals surface area contributed by atoms with Gasteiger partial charge < -0.3 is 10.2 Å². The van der Waals surface area contributed by atoms with E-state index in [-0.39, 0.29) is 11.5 Å². The molecule has 1 N–H and O–H groups in total. The van der Waals surface area contributed by atoms with Crippen molar-refractivity contribution in [1.29, 1.82) is 0 Å². The predicted molar refractivity (Wildman–Crippen MR) is 85.3 cm³/mol. The van der Waals surface area contributed by atoms with Gasteiger partial charge in [0.25, 0.3) is 5.91 Å². The largest absolute Gasteiger partial charge is 0.383 e. The molecular weight excluding hydrogens is 335 g/mol. The number of nitrogens with zero attached hydrogens (tertiary/aromatic N) is 1. The summed E-state index contributed by atoms with van der Waals surface area (Å²) in [6, 6.07) is 12.0. The lowest BCUT2D eigenvalue weighted by atomic mass is 10.1. The lowest BCUT2D eigenvalue weighted by Crippen LogP contribution is -2.32. The van der Waals surface area contributed by atoms with Crippen molar-refractivity contribution in [2.24, 2.45) is 0 Å². The summed E-state index contributed by atoms with van der Waals surface area (Å²) >= 11 is 3.29. The quantitative estimate of drug-likeness (QED) is 0.843. The minimum atomic E-state index is -0.502. The van der Waals surface area contributed by atoms with E-state index in [9.17, 15) is 9.18 Å². The van der Waals surface area contributed by atoms with Gasteiger partial charge in [-0.05, 0) is 36.8 Å². The van der Waals surface area contributed by atoms with Crippen molar-refractivity contribution in [1.82, 2.24) is 0 Å². The van der Waals surface area contributed by atoms with E-state index in [1.807, 2.05) is 24.3 Å². The summed E-state index contributed by atoms with van der Waals surface area (Å²) in [5.41, 5.74) is 1.78. The average Bonchev–Trinajstić information content (AvgIpc) is 2.71. The molecule has 3 nitrogen and oxygen atoms in total. The summed E-state index contributed by atoms with van der Waals surface area (Å²) in [6.45, 7) is 1.36. The fraction of sp³-hybridized carbons (Fsp3) is 0.188. The van der Waals surface area contributed by atoms with E-state index in [2.05, 4.69) is 21.2 Å². The van der Waals surface area contributed by atoms with Crippen molar-refractivity contribution >= 4 is 33.2 Å². The fourth-order valence-corrected chi connectivity index (χ4v) is 2.82. The molecule has 1 amide bonds. The molecule has 0 saturated carbocycles. The summed E-state index contributed by atoms with van der Waals surface area (Å²) < 4.78 is 14.7. The molecule has 2 aromatic rings. The molecule has 5 heteroatoms. The topological polar surface area (TPSA) is 32.3 Å². The number of halogens is 2. The molecule has 3 rings (SSSR count). The molecule has 0 aromatic heterocycles. The normalized spacial score (nSPS) is 14.1. The number of carbonyl (C=O) groups excluding carboxylic acids is 1. The van der Waals surface area contributed by atoms with Gasteiger partial charge in [-0.2, -0.15) is 0 Å². The number of carbonyl (C=O) groups is 1. The highest BCUT2D eigenvalue weighted by Gasteiger charge is 2.24. The highest BCUT2D eigenvalue weighted by Crippen LogP contribution is 2.30. The van der Waals surface area contributed by atoms with Crippen LogP contribution < -0.4 is 10.2 Å². The minimum absolute atomic E-state index is 0.0843. The maximum Gasteiger partial charge on any atom is 0.261 e. The molecule has 0 saturated heterocycles. The zero-order chi connectivity index (χ0) is 14.8. The highest BCUT2D eigenvalue weighted by molar-refractivity contribution is 9.10. The van der Waals surface area contributed by atoms with Crippen LogP contribution in [-0.4, -0.2) is 19.0 Å². The summed E-state index contributed by atoms with van der Waals surface area (Å²) in [6.07, 6.45) is 0.816. The summed E-state index contributed by atoms with van der Waals surface area (Å²) in [5, 5.41) is 3.29. The molecule has 21 heavy (non-hydrogen) atoms. The van der Waals surface area contributed by atoms with Crippen molar-refractivity contribution in [3.8, 4) is 0 Å². The average molecular weight is 349 g/mol. The standard InChI is InChI=1S/C16H14BrFN2O/c17-11-6-7-13(18)12(10-11)16(21)20-9-3-8-19-14-4-1-2-5-15(14)20/h1-2,4-7,10,19H,3,8-9H2. The first-order valence-electron chi connectivity index (χ1n) is 6.76. The van der Waals surface area contributed by atoms with Gasteiger partial charge in [-0.15, -0.1) is 0 Å². The van der Waals surface area contributed by atoms with Crippen LogP contribution in [0.15, 0.2) is 46.9 Å². The highest BCUT2D eigenvalue weighted by atomic mass is 79.9. The summed E-state index contributed by atoms with van der Waals surface area (Å²) in [4.78, 5) is 14.4. The Labute approximate surface area is 130 Å². The zero-order valence-electron chi connectivity index (χ0n) is 11.3. The second-order valence-electron chi connectivity index (χ2n) is 4.88. The number of amides is 1. The smallest absolute Gasteiger partial charge is 0.261 e. The molecule has 0 radical (unpaired) electrons. The van der Waals surface area contributed by atoms with Crippen LogP contribution in [0, 0.1) is 5.82 Å². The molecule has 0 bridgehead atoms. The Bertz CT molecular complexity index is 690. The van der Waals surface area contributed by atoms with E-state index in [4.69, 9.17) is 0 Å². The van der Waals surface area contributed by atoms with E-state index >= 15 is 0 Å². The van der Waals surface area contributed by atoms with Gasteiger partial charge in [-0.25, -0.2) is 4.39 Å². The van der Waals surface area contributed by atoms with Crippen LogP contribution in [0.2, 0.25) is 0 Å². The first-order valence-corrected chi connectivity index (χ1v) is 7.56. The Morgan fingerprint density at radius 3 is 2.90 bits per heavy atom. The van der Waals surface area contributed by atoms with E-state index < -0.39 is 5.82 Å². The molecule has 0 fully saturated rings. The van der Waals surface area contributed by atoms with Gasteiger partial charge in [0.2, 0.25) is 0 Å². The van der Waals surface area contributed by atoms with Crippen LogP contribution in [0.3, 0.4) is 0 Å². The van der Waals surface area contributed by atoms with Gasteiger partial charge in [-0.1, -0.05) is 28.1 Å². The summed E-state index contributed by atoms with van der Waals surface area (Å²) in [5.74, 6) is -0.817. The first kappa shape index (κ1) is 14.1. The lowest BCUT2D eigenvalue weighted by Gasteiger charge is -2.22. The third-order valence-electron chi connectivity index (χ3n) is 3.47. The Morgan fingerprint density at radius 1 is 1.24 bits per heavy atom. The van der Waals surface area contributed by atoms with Crippen molar-refractivity contribution in [2.45, 2.75) is 6.42 Å². The molecule has 1 heterocycles. The minimum Gasteiger partial charge on any atom is -0.383 e. The number of anilines is 2. The number of para-hydroxylation sites is 2. The molecule has 0 atom stereocenters. The summed E-state index contributed by atoms with van der Waals surface area (Å²) in [7, 11) is 0. The Hall–Kier alpha value is -1.88. The van der Waals surface area contributed by atoms with Crippen LogP contribution in [-0.2, 0) is 0 Å². The number of nitrogens with one attached hydrogen (secondary N) is 1. The zero-order valence-corrected chi connectivity index (χ0v) is 12.9. The molecule has 1 aliphatic heterocycles. The third-order valence-corrected chi connectivity index (χ3v) is 3.97.